The van der Waals surface area contributed by atoms with E-state index >= 15 is 0 Å². The highest BCUT2D eigenvalue weighted by Gasteiger charge is 2.21. The van der Waals surface area contributed by atoms with Crippen LogP contribution in [0.3, 0.4) is 0 Å². The number of nitrogens with one attached hydrogen (secondary N) is 2. The summed E-state index contributed by atoms with van der Waals surface area (Å²) in [5, 5.41) is 13.3. The van der Waals surface area contributed by atoms with Crippen LogP contribution in [0, 0.1) is 0 Å². The number of para-hydroxylation sites is 1. The SMILES string of the molecule is CCCCCCCCCCCCCCC(=O)N[C@@H](Cc1c[nH]c2ccccc12)C(=O)O. The second kappa shape index (κ2) is 14.7. The van der Waals surface area contributed by atoms with E-state index in [4.69, 9.17) is 0 Å². The van der Waals surface area contributed by atoms with Crippen LogP contribution in [-0.2, 0) is 16.0 Å². The highest BCUT2D eigenvalue weighted by atomic mass is 16.4. The number of carboxylic acid groups (broad SMARTS) is 1. The summed E-state index contributed by atoms with van der Waals surface area (Å²) in [4.78, 5) is 27.1. The van der Waals surface area contributed by atoms with Crippen molar-refractivity contribution in [2.75, 3.05) is 0 Å². The molecular formula is C26H40N2O3. The molecule has 1 heterocycles. The van der Waals surface area contributed by atoms with Gasteiger partial charge >= 0.3 is 5.97 Å². The van der Waals surface area contributed by atoms with Crippen molar-refractivity contribution in [3.63, 3.8) is 0 Å². The second-order valence-electron chi connectivity index (χ2n) is 8.66. The Morgan fingerprint density at radius 3 is 2.10 bits per heavy atom. The first-order valence-corrected chi connectivity index (χ1v) is 12.2. The Morgan fingerprint density at radius 1 is 0.903 bits per heavy atom. The van der Waals surface area contributed by atoms with Gasteiger partial charge in [0.1, 0.15) is 6.04 Å². The van der Waals surface area contributed by atoms with Crippen LogP contribution >= 0.6 is 0 Å². The van der Waals surface area contributed by atoms with Crippen LogP contribution in [0.5, 0.6) is 0 Å². The van der Waals surface area contributed by atoms with Crippen molar-refractivity contribution >= 4 is 22.8 Å². The number of unbranched alkanes of at least 4 members (excludes halogenated alkanes) is 11. The molecule has 0 fully saturated rings. The van der Waals surface area contributed by atoms with Crippen LogP contribution in [0.25, 0.3) is 10.9 Å². The van der Waals surface area contributed by atoms with Gasteiger partial charge < -0.3 is 15.4 Å². The van der Waals surface area contributed by atoms with Gasteiger partial charge in [0.15, 0.2) is 0 Å². The van der Waals surface area contributed by atoms with Crippen LogP contribution in [0.4, 0.5) is 0 Å². The van der Waals surface area contributed by atoms with Crippen LogP contribution in [0.2, 0.25) is 0 Å². The van der Waals surface area contributed by atoms with Crippen molar-refractivity contribution in [2.24, 2.45) is 0 Å². The average Bonchev–Trinajstić information content (AvgIpc) is 3.17. The summed E-state index contributed by atoms with van der Waals surface area (Å²) in [6.45, 7) is 2.25. The third-order valence-electron chi connectivity index (χ3n) is 5.99. The Morgan fingerprint density at radius 2 is 1.48 bits per heavy atom. The molecule has 2 aromatic rings. The molecule has 1 aromatic carbocycles. The van der Waals surface area contributed by atoms with Gasteiger partial charge in [-0.25, -0.2) is 4.79 Å². The van der Waals surface area contributed by atoms with Crippen LogP contribution in [0.1, 0.15) is 96.0 Å². The summed E-state index contributed by atoms with van der Waals surface area (Å²) in [6, 6.07) is 6.90. The summed E-state index contributed by atoms with van der Waals surface area (Å²) < 4.78 is 0. The van der Waals surface area contributed by atoms with Crippen LogP contribution in [-0.4, -0.2) is 28.0 Å². The maximum absolute atomic E-state index is 12.2. The van der Waals surface area contributed by atoms with Crippen molar-refractivity contribution in [1.82, 2.24) is 10.3 Å². The number of amides is 1. The number of hydrogen-bond acceptors (Lipinski definition) is 2. The highest BCUT2D eigenvalue weighted by molar-refractivity contribution is 5.86. The van der Waals surface area contributed by atoms with E-state index in [0.29, 0.717) is 6.42 Å². The van der Waals surface area contributed by atoms with E-state index in [1.807, 2.05) is 30.5 Å². The molecule has 5 heteroatoms. The molecule has 0 aliphatic heterocycles. The van der Waals surface area contributed by atoms with Crippen molar-refractivity contribution < 1.29 is 14.7 Å². The molecule has 0 unspecified atom stereocenters. The largest absolute Gasteiger partial charge is 0.480 e. The van der Waals surface area contributed by atoms with Crippen molar-refractivity contribution in [2.45, 2.75) is 103 Å². The fourth-order valence-corrected chi connectivity index (χ4v) is 4.11. The van der Waals surface area contributed by atoms with Crippen molar-refractivity contribution in [1.29, 1.82) is 0 Å². The van der Waals surface area contributed by atoms with Gasteiger partial charge in [-0.2, -0.15) is 0 Å². The zero-order valence-electron chi connectivity index (χ0n) is 19.1. The van der Waals surface area contributed by atoms with E-state index in [1.165, 1.54) is 57.8 Å². The zero-order chi connectivity index (χ0) is 22.3. The molecular weight excluding hydrogens is 388 g/mol. The number of carbonyl (C=O) groups excluding carboxylic acids is 1. The summed E-state index contributed by atoms with van der Waals surface area (Å²) in [7, 11) is 0. The Balaban J connectivity index is 1.57. The predicted octanol–water partition coefficient (Wildman–Crippen LogP) is 6.37. The van der Waals surface area contributed by atoms with Gasteiger partial charge in [-0.3, -0.25) is 4.79 Å². The van der Waals surface area contributed by atoms with Crippen molar-refractivity contribution in [3.05, 3.63) is 36.0 Å². The Kier molecular flexibility index (Phi) is 11.8. The van der Waals surface area contributed by atoms with Crippen molar-refractivity contribution in [3.8, 4) is 0 Å². The van der Waals surface area contributed by atoms with E-state index < -0.39 is 12.0 Å². The van der Waals surface area contributed by atoms with Gasteiger partial charge in [0.05, 0.1) is 0 Å². The molecule has 172 valence electrons. The minimum Gasteiger partial charge on any atom is -0.480 e. The van der Waals surface area contributed by atoms with Gasteiger partial charge in [0.25, 0.3) is 0 Å². The predicted molar refractivity (Wildman–Crippen MR) is 127 cm³/mol. The molecule has 5 nitrogen and oxygen atoms in total. The monoisotopic (exact) mass is 428 g/mol. The number of fused-ring (bicyclic) bond motifs is 1. The quantitative estimate of drug-likeness (QED) is 0.256. The maximum Gasteiger partial charge on any atom is 0.326 e. The minimum atomic E-state index is -0.992. The van der Waals surface area contributed by atoms with Gasteiger partial charge in [0.2, 0.25) is 5.91 Å². The molecule has 0 saturated carbocycles. The number of rotatable bonds is 17. The average molecular weight is 429 g/mol. The van der Waals surface area contributed by atoms with E-state index in [0.717, 1.165) is 35.7 Å². The molecule has 0 aliphatic rings. The van der Waals surface area contributed by atoms with Gasteiger partial charge in [-0.1, -0.05) is 95.8 Å². The standard InChI is InChI=1S/C26H40N2O3/c1-2-3-4-5-6-7-8-9-10-11-12-13-18-25(29)28-24(26(30)31)19-21-20-27-23-17-15-14-16-22(21)23/h14-17,20,24,27H,2-13,18-19H2,1H3,(H,28,29)(H,30,31)/t24-/m0/s1. The van der Waals surface area contributed by atoms with Crippen LogP contribution in [0.15, 0.2) is 30.5 Å². The summed E-state index contributed by atoms with van der Waals surface area (Å²) in [5.41, 5.74) is 1.89. The molecule has 2 rings (SSSR count). The van der Waals surface area contributed by atoms with Gasteiger partial charge in [-0.15, -0.1) is 0 Å². The first-order chi connectivity index (χ1) is 15.1. The van der Waals surface area contributed by atoms with Crippen LogP contribution < -0.4 is 5.32 Å². The lowest BCUT2D eigenvalue weighted by Crippen LogP contribution is -2.42. The lowest BCUT2D eigenvalue weighted by molar-refractivity contribution is -0.141. The van der Waals surface area contributed by atoms with E-state index in [1.54, 1.807) is 0 Å². The van der Waals surface area contributed by atoms with E-state index in [9.17, 15) is 14.7 Å². The van der Waals surface area contributed by atoms with Gasteiger partial charge in [0, 0.05) is 29.9 Å². The molecule has 31 heavy (non-hydrogen) atoms. The fourth-order valence-electron chi connectivity index (χ4n) is 4.11. The third kappa shape index (κ3) is 9.58. The minimum absolute atomic E-state index is 0.167. The molecule has 1 amide bonds. The van der Waals surface area contributed by atoms with E-state index in [-0.39, 0.29) is 12.3 Å². The molecule has 0 radical (unpaired) electrons. The van der Waals surface area contributed by atoms with E-state index in [2.05, 4.69) is 17.2 Å². The Hall–Kier alpha value is -2.30. The normalized spacial score (nSPS) is 12.2. The smallest absolute Gasteiger partial charge is 0.326 e. The molecule has 0 spiro atoms. The number of aromatic nitrogens is 1. The lowest BCUT2D eigenvalue weighted by atomic mass is 10.0. The number of benzene rings is 1. The topological polar surface area (TPSA) is 82.2 Å². The number of H-pyrrole nitrogens is 1. The van der Waals surface area contributed by atoms with Gasteiger partial charge in [-0.05, 0) is 18.1 Å². The summed E-state index contributed by atoms with van der Waals surface area (Å²) in [5.74, 6) is -1.16. The Labute approximate surface area is 187 Å². The molecule has 3 N–H and O–H groups in total. The number of hydrogen-bond donors (Lipinski definition) is 3. The highest BCUT2D eigenvalue weighted by Crippen LogP contribution is 2.19. The molecule has 0 bridgehead atoms. The summed E-state index contributed by atoms with van der Waals surface area (Å²) >= 11 is 0. The Bertz CT molecular complexity index is 784. The molecule has 0 saturated heterocycles. The first-order valence-electron chi connectivity index (χ1n) is 12.2. The number of carbonyl (C=O) groups is 2. The first kappa shape index (κ1) is 25.0. The molecule has 1 atom stereocenters. The fraction of sp³-hybridized carbons (Fsp3) is 0.615. The zero-order valence-corrected chi connectivity index (χ0v) is 19.1. The molecule has 0 aliphatic carbocycles. The number of carboxylic acids is 1. The second-order valence-corrected chi connectivity index (χ2v) is 8.66. The third-order valence-corrected chi connectivity index (χ3v) is 5.99. The number of aliphatic carboxylic acids is 1. The maximum atomic E-state index is 12.2. The molecule has 1 aromatic heterocycles. The summed E-state index contributed by atoms with van der Waals surface area (Å²) in [6.07, 6.45) is 17.5. The number of aromatic amines is 1. The lowest BCUT2D eigenvalue weighted by Gasteiger charge is -2.14.